The van der Waals surface area contributed by atoms with Gasteiger partial charge in [0.25, 0.3) is 0 Å². The van der Waals surface area contributed by atoms with Crippen LogP contribution in [0.5, 0.6) is 0 Å². The molecule has 78 valence electrons. The molecule has 0 unspecified atom stereocenters. The van der Waals surface area contributed by atoms with Crippen molar-refractivity contribution in [3.05, 3.63) is 11.4 Å². The Kier molecular flexibility index (Phi) is 3.10. The normalized spacial score (nSPS) is 18.6. The van der Waals surface area contributed by atoms with Crippen molar-refractivity contribution in [1.29, 1.82) is 0 Å². The molecule has 0 aliphatic carbocycles. The summed E-state index contributed by atoms with van der Waals surface area (Å²) in [6.45, 7) is 4.35. The molecule has 5 nitrogen and oxygen atoms in total. The van der Waals surface area contributed by atoms with E-state index in [0.29, 0.717) is 6.04 Å². The molecule has 0 spiro atoms. The summed E-state index contributed by atoms with van der Waals surface area (Å²) < 4.78 is 9.89. The smallest absolute Gasteiger partial charge is 0.121 e. The van der Waals surface area contributed by atoms with E-state index in [1.165, 1.54) is 0 Å². The highest BCUT2D eigenvalue weighted by atomic mass is 16.6. The van der Waals surface area contributed by atoms with Gasteiger partial charge in [0, 0.05) is 25.8 Å². The van der Waals surface area contributed by atoms with Crippen LogP contribution in [0.15, 0.2) is 4.63 Å². The topological polar surface area (TPSA) is 60.2 Å². The lowest BCUT2D eigenvalue weighted by Gasteiger charge is -2.22. The van der Waals surface area contributed by atoms with E-state index in [4.69, 9.17) is 4.74 Å². The highest BCUT2D eigenvalue weighted by molar-refractivity contribution is 5.04. The number of hydrogen-bond donors (Lipinski definition) is 1. The van der Waals surface area contributed by atoms with Crippen molar-refractivity contribution >= 4 is 0 Å². The van der Waals surface area contributed by atoms with Crippen LogP contribution in [0.1, 0.15) is 24.2 Å². The minimum Gasteiger partial charge on any atom is -0.381 e. The van der Waals surface area contributed by atoms with Gasteiger partial charge in [-0.3, -0.25) is 0 Å². The number of ether oxygens (including phenoxy) is 1. The molecule has 1 aromatic rings. The molecular formula is C9H15N3O2. The Hall–Kier alpha value is -0.940. The van der Waals surface area contributed by atoms with Gasteiger partial charge < -0.3 is 10.1 Å². The van der Waals surface area contributed by atoms with Crippen molar-refractivity contribution in [3.8, 4) is 0 Å². The molecule has 5 heteroatoms. The van der Waals surface area contributed by atoms with Crippen molar-refractivity contribution in [2.24, 2.45) is 0 Å². The third-order valence-electron chi connectivity index (χ3n) is 2.53. The Morgan fingerprint density at radius 3 is 2.79 bits per heavy atom. The van der Waals surface area contributed by atoms with Gasteiger partial charge in [-0.05, 0) is 19.8 Å². The zero-order valence-corrected chi connectivity index (χ0v) is 8.32. The van der Waals surface area contributed by atoms with Crippen molar-refractivity contribution < 1.29 is 9.37 Å². The maximum atomic E-state index is 5.27. The number of nitrogens with one attached hydrogen (secondary N) is 1. The third-order valence-corrected chi connectivity index (χ3v) is 2.53. The van der Waals surface area contributed by atoms with Crippen LogP contribution in [-0.2, 0) is 11.3 Å². The van der Waals surface area contributed by atoms with Crippen molar-refractivity contribution in [2.75, 3.05) is 13.2 Å². The van der Waals surface area contributed by atoms with Crippen molar-refractivity contribution in [2.45, 2.75) is 32.4 Å². The second-order valence-electron chi connectivity index (χ2n) is 3.56. The van der Waals surface area contributed by atoms with Gasteiger partial charge in [-0.2, -0.15) is 0 Å². The summed E-state index contributed by atoms with van der Waals surface area (Å²) in [4.78, 5) is 0. The summed E-state index contributed by atoms with van der Waals surface area (Å²) in [5.74, 6) is 0. The molecule has 14 heavy (non-hydrogen) atoms. The molecule has 0 radical (unpaired) electrons. The van der Waals surface area contributed by atoms with Crippen LogP contribution in [0.3, 0.4) is 0 Å². The lowest BCUT2D eigenvalue weighted by molar-refractivity contribution is 0.0774. The zero-order valence-electron chi connectivity index (χ0n) is 8.32. The molecule has 0 saturated carbocycles. The van der Waals surface area contributed by atoms with Crippen LogP contribution in [0, 0.1) is 6.92 Å². The first-order valence-corrected chi connectivity index (χ1v) is 4.95. The summed E-state index contributed by atoms with van der Waals surface area (Å²) in [5, 5.41) is 11.0. The average molecular weight is 197 g/mol. The number of aromatic nitrogens is 2. The van der Waals surface area contributed by atoms with E-state index in [9.17, 15) is 0 Å². The molecule has 0 amide bonds. The number of aryl methyl sites for hydroxylation is 1. The van der Waals surface area contributed by atoms with Crippen LogP contribution in [-0.4, -0.2) is 29.6 Å². The second kappa shape index (κ2) is 4.52. The Balaban J connectivity index is 1.79. The first kappa shape index (κ1) is 9.61. The van der Waals surface area contributed by atoms with Crippen molar-refractivity contribution in [3.63, 3.8) is 0 Å². The molecular weight excluding hydrogens is 182 g/mol. The molecule has 0 bridgehead atoms. The van der Waals surface area contributed by atoms with E-state index < -0.39 is 0 Å². The van der Waals surface area contributed by atoms with Gasteiger partial charge in [0.1, 0.15) is 11.4 Å². The summed E-state index contributed by atoms with van der Waals surface area (Å²) >= 11 is 0. The Morgan fingerprint density at radius 1 is 1.36 bits per heavy atom. The maximum Gasteiger partial charge on any atom is 0.121 e. The van der Waals surface area contributed by atoms with Gasteiger partial charge in [-0.25, -0.2) is 4.63 Å². The van der Waals surface area contributed by atoms with E-state index in [1.807, 2.05) is 6.92 Å². The SMILES string of the molecule is Cc1nonc1CNC1CCOCC1. The van der Waals surface area contributed by atoms with E-state index in [0.717, 1.165) is 44.0 Å². The highest BCUT2D eigenvalue weighted by Crippen LogP contribution is 2.07. The average Bonchev–Trinajstić information content (AvgIpc) is 2.63. The zero-order chi connectivity index (χ0) is 9.80. The van der Waals surface area contributed by atoms with Gasteiger partial charge in [0.05, 0.1) is 0 Å². The van der Waals surface area contributed by atoms with Crippen LogP contribution in [0.25, 0.3) is 0 Å². The molecule has 1 aromatic heterocycles. The fourth-order valence-electron chi connectivity index (χ4n) is 1.55. The Morgan fingerprint density at radius 2 is 2.14 bits per heavy atom. The summed E-state index contributed by atoms with van der Waals surface area (Å²) in [6.07, 6.45) is 2.15. The summed E-state index contributed by atoms with van der Waals surface area (Å²) in [5.41, 5.74) is 1.76. The standard InChI is InChI=1S/C9H15N3O2/c1-7-9(12-14-11-7)6-10-8-2-4-13-5-3-8/h8,10H,2-6H2,1H3. The van der Waals surface area contributed by atoms with Crippen LogP contribution in [0.2, 0.25) is 0 Å². The van der Waals surface area contributed by atoms with Crippen LogP contribution in [0.4, 0.5) is 0 Å². The van der Waals surface area contributed by atoms with Gasteiger partial charge in [-0.1, -0.05) is 10.3 Å². The van der Waals surface area contributed by atoms with Gasteiger partial charge in [0.15, 0.2) is 0 Å². The molecule has 2 heterocycles. The quantitative estimate of drug-likeness (QED) is 0.770. The lowest BCUT2D eigenvalue weighted by Crippen LogP contribution is -2.34. The van der Waals surface area contributed by atoms with E-state index >= 15 is 0 Å². The molecule has 1 aliphatic heterocycles. The molecule has 1 fully saturated rings. The molecule has 1 saturated heterocycles. The van der Waals surface area contributed by atoms with Gasteiger partial charge in [-0.15, -0.1) is 0 Å². The highest BCUT2D eigenvalue weighted by Gasteiger charge is 2.14. The fraction of sp³-hybridized carbons (Fsp3) is 0.778. The Labute approximate surface area is 82.8 Å². The summed E-state index contributed by atoms with van der Waals surface area (Å²) in [6, 6.07) is 0.542. The minimum absolute atomic E-state index is 0.542. The monoisotopic (exact) mass is 197 g/mol. The number of nitrogens with zero attached hydrogens (tertiary/aromatic N) is 2. The number of rotatable bonds is 3. The van der Waals surface area contributed by atoms with Crippen LogP contribution >= 0.6 is 0 Å². The minimum atomic E-state index is 0.542. The van der Waals surface area contributed by atoms with E-state index in [-0.39, 0.29) is 0 Å². The molecule has 0 aromatic carbocycles. The second-order valence-corrected chi connectivity index (χ2v) is 3.56. The van der Waals surface area contributed by atoms with E-state index in [1.54, 1.807) is 0 Å². The van der Waals surface area contributed by atoms with Crippen LogP contribution < -0.4 is 5.32 Å². The van der Waals surface area contributed by atoms with Gasteiger partial charge in [0.2, 0.25) is 0 Å². The molecule has 2 rings (SSSR count). The van der Waals surface area contributed by atoms with Crippen molar-refractivity contribution in [1.82, 2.24) is 15.6 Å². The maximum absolute atomic E-state index is 5.27. The predicted octanol–water partition coefficient (Wildman–Crippen LogP) is 0.647. The Bertz CT molecular complexity index is 281. The predicted molar refractivity (Wildman–Crippen MR) is 49.7 cm³/mol. The first-order valence-electron chi connectivity index (χ1n) is 4.95. The van der Waals surface area contributed by atoms with Gasteiger partial charge >= 0.3 is 0 Å². The molecule has 0 atom stereocenters. The van der Waals surface area contributed by atoms with E-state index in [2.05, 4.69) is 20.3 Å². The molecule has 1 N–H and O–H groups in total. The first-order chi connectivity index (χ1) is 6.86. The largest absolute Gasteiger partial charge is 0.381 e. The molecule has 1 aliphatic rings. The summed E-state index contributed by atoms with van der Waals surface area (Å²) in [7, 11) is 0. The third kappa shape index (κ3) is 2.30. The lowest BCUT2D eigenvalue weighted by atomic mass is 10.1. The number of hydrogen-bond acceptors (Lipinski definition) is 5. The fourth-order valence-corrected chi connectivity index (χ4v) is 1.55.